The van der Waals surface area contributed by atoms with Gasteiger partial charge in [0.2, 0.25) is 5.91 Å². The lowest BCUT2D eigenvalue weighted by atomic mass is 9.94. The normalized spacial score (nSPS) is 20.1. The molecule has 1 fully saturated rings. The fourth-order valence-electron chi connectivity index (χ4n) is 4.39. The lowest BCUT2D eigenvalue weighted by Crippen LogP contribution is -2.39. The van der Waals surface area contributed by atoms with E-state index in [-0.39, 0.29) is 18.9 Å². The van der Waals surface area contributed by atoms with E-state index in [4.69, 9.17) is 16.3 Å². The number of esters is 1. The van der Waals surface area contributed by atoms with E-state index in [1.165, 1.54) is 30.7 Å². The monoisotopic (exact) mass is 500 g/mol. The molecule has 3 aliphatic rings. The van der Waals surface area contributed by atoms with E-state index < -0.39 is 12.0 Å². The SMILES string of the molecule is C=CCOC(=O)C1=C(C)N=C2SC=C(CC(=O)NCCN3CCCC3)N2[C@H]1c1ccc(Cl)cc1. The van der Waals surface area contributed by atoms with E-state index >= 15 is 0 Å². The van der Waals surface area contributed by atoms with Crippen LogP contribution in [-0.4, -0.2) is 59.6 Å². The summed E-state index contributed by atoms with van der Waals surface area (Å²) >= 11 is 7.58. The van der Waals surface area contributed by atoms with Crippen LogP contribution in [0.5, 0.6) is 0 Å². The van der Waals surface area contributed by atoms with Gasteiger partial charge in [0.25, 0.3) is 0 Å². The summed E-state index contributed by atoms with van der Waals surface area (Å²) in [6.45, 7) is 9.23. The minimum absolute atomic E-state index is 0.0517. The lowest BCUT2D eigenvalue weighted by Gasteiger charge is -2.36. The second-order valence-electron chi connectivity index (χ2n) is 8.41. The van der Waals surface area contributed by atoms with E-state index in [1.807, 2.05) is 22.4 Å². The van der Waals surface area contributed by atoms with Crippen molar-refractivity contribution in [3.05, 3.63) is 69.9 Å². The number of ether oxygens (including phenoxy) is 1. The Balaban J connectivity index is 1.54. The minimum Gasteiger partial charge on any atom is -0.458 e. The van der Waals surface area contributed by atoms with E-state index in [0.717, 1.165) is 36.1 Å². The molecule has 1 N–H and O–H groups in total. The van der Waals surface area contributed by atoms with Crippen LogP contribution in [0.3, 0.4) is 0 Å². The third-order valence-electron chi connectivity index (χ3n) is 6.03. The number of halogens is 1. The first-order chi connectivity index (χ1) is 16.5. The van der Waals surface area contributed by atoms with Gasteiger partial charge in [0.05, 0.1) is 23.7 Å². The number of rotatable bonds is 9. The molecule has 1 saturated heterocycles. The topological polar surface area (TPSA) is 74.2 Å². The highest BCUT2D eigenvalue weighted by Crippen LogP contribution is 2.44. The van der Waals surface area contributed by atoms with Crippen molar-refractivity contribution in [1.29, 1.82) is 0 Å². The van der Waals surface area contributed by atoms with Gasteiger partial charge in [-0.05, 0) is 56.0 Å². The highest BCUT2D eigenvalue weighted by atomic mass is 35.5. The molecule has 0 aliphatic carbocycles. The van der Waals surface area contributed by atoms with Crippen molar-refractivity contribution in [2.45, 2.75) is 32.2 Å². The number of benzene rings is 1. The summed E-state index contributed by atoms with van der Waals surface area (Å²) in [7, 11) is 0. The highest BCUT2D eigenvalue weighted by molar-refractivity contribution is 8.16. The fraction of sp³-hybridized carbons (Fsp3) is 0.400. The molecule has 34 heavy (non-hydrogen) atoms. The second-order valence-corrected chi connectivity index (χ2v) is 9.68. The van der Waals surface area contributed by atoms with Crippen LogP contribution in [-0.2, 0) is 14.3 Å². The first kappa shape index (κ1) is 24.6. The highest BCUT2D eigenvalue weighted by Gasteiger charge is 2.41. The molecule has 1 atom stereocenters. The molecular weight excluding hydrogens is 472 g/mol. The summed E-state index contributed by atoms with van der Waals surface area (Å²) < 4.78 is 5.40. The smallest absolute Gasteiger partial charge is 0.338 e. The molecule has 7 nitrogen and oxygen atoms in total. The zero-order chi connectivity index (χ0) is 24.1. The summed E-state index contributed by atoms with van der Waals surface area (Å²) in [6, 6.07) is 6.89. The predicted molar refractivity (Wildman–Crippen MR) is 136 cm³/mol. The van der Waals surface area contributed by atoms with E-state index in [9.17, 15) is 9.59 Å². The number of allylic oxidation sites excluding steroid dienone is 1. The van der Waals surface area contributed by atoms with Crippen molar-refractivity contribution in [2.24, 2.45) is 4.99 Å². The third-order valence-corrected chi connectivity index (χ3v) is 7.17. The van der Waals surface area contributed by atoms with Crippen LogP contribution in [0.1, 0.15) is 37.8 Å². The number of likely N-dealkylation sites (tertiary alicyclic amines) is 1. The molecule has 9 heteroatoms. The Morgan fingerprint density at radius 1 is 1.29 bits per heavy atom. The number of amidine groups is 1. The van der Waals surface area contributed by atoms with Gasteiger partial charge < -0.3 is 19.9 Å². The Labute approximate surface area is 209 Å². The van der Waals surface area contributed by atoms with Gasteiger partial charge in [-0.1, -0.05) is 48.2 Å². The Kier molecular flexibility index (Phi) is 8.13. The number of carbonyl (C=O) groups is 2. The maximum atomic E-state index is 13.0. The quantitative estimate of drug-likeness (QED) is 0.403. The summed E-state index contributed by atoms with van der Waals surface area (Å²) in [6.07, 6.45) is 4.19. The largest absolute Gasteiger partial charge is 0.458 e. The van der Waals surface area contributed by atoms with E-state index in [0.29, 0.717) is 22.8 Å². The van der Waals surface area contributed by atoms with Gasteiger partial charge in [0.15, 0.2) is 5.17 Å². The standard InChI is InChI=1S/C25H29ClN4O3S/c1-3-14-33-24(32)22-17(2)28-25-30(23(22)18-6-8-19(26)9-7-18)20(16-34-25)15-21(31)27-10-13-29-11-4-5-12-29/h3,6-9,16,23H,1,4-5,10-15H2,2H3,(H,27,31)/t23-/m0/s1. The molecule has 3 aliphatic heterocycles. The molecule has 0 saturated carbocycles. The summed E-state index contributed by atoms with van der Waals surface area (Å²) in [4.78, 5) is 34.8. The van der Waals surface area contributed by atoms with Gasteiger partial charge in [0.1, 0.15) is 6.61 Å². The number of hydrogen-bond acceptors (Lipinski definition) is 7. The number of hydrogen-bond donors (Lipinski definition) is 1. The zero-order valence-corrected chi connectivity index (χ0v) is 20.8. The number of aliphatic imine (C=N–C) groups is 1. The van der Waals surface area contributed by atoms with Crippen LogP contribution in [0, 0.1) is 0 Å². The summed E-state index contributed by atoms with van der Waals surface area (Å²) in [5, 5.41) is 6.31. The lowest BCUT2D eigenvalue weighted by molar-refractivity contribution is -0.138. The Morgan fingerprint density at radius 2 is 2.03 bits per heavy atom. The molecule has 0 unspecified atom stereocenters. The summed E-state index contributed by atoms with van der Waals surface area (Å²) in [5.41, 5.74) is 2.70. The molecule has 0 aromatic heterocycles. The molecule has 3 heterocycles. The maximum absolute atomic E-state index is 13.0. The second kappa shape index (κ2) is 11.3. The Bertz CT molecular complexity index is 1040. The van der Waals surface area contributed by atoms with Gasteiger partial charge in [0, 0.05) is 23.8 Å². The van der Waals surface area contributed by atoms with Crippen LogP contribution in [0.2, 0.25) is 5.02 Å². The molecule has 0 bridgehead atoms. The molecule has 180 valence electrons. The van der Waals surface area contributed by atoms with Gasteiger partial charge >= 0.3 is 5.97 Å². The first-order valence-corrected chi connectivity index (χ1v) is 12.7. The molecule has 4 rings (SSSR count). The number of nitrogens with one attached hydrogen (secondary N) is 1. The van der Waals surface area contributed by atoms with Crippen LogP contribution in [0.4, 0.5) is 0 Å². The van der Waals surface area contributed by atoms with Crippen molar-refractivity contribution in [3.8, 4) is 0 Å². The van der Waals surface area contributed by atoms with Crippen LogP contribution < -0.4 is 5.32 Å². The van der Waals surface area contributed by atoms with Crippen molar-refractivity contribution >= 4 is 40.4 Å². The van der Waals surface area contributed by atoms with Crippen LogP contribution >= 0.6 is 23.4 Å². The molecule has 1 aromatic rings. The minimum atomic E-state index is -0.472. The van der Waals surface area contributed by atoms with Crippen molar-refractivity contribution in [1.82, 2.24) is 15.1 Å². The number of fused-ring (bicyclic) bond motifs is 1. The molecule has 1 amide bonds. The van der Waals surface area contributed by atoms with Gasteiger partial charge in [-0.3, -0.25) is 4.79 Å². The van der Waals surface area contributed by atoms with Gasteiger partial charge in [-0.2, -0.15) is 0 Å². The zero-order valence-electron chi connectivity index (χ0n) is 19.3. The Morgan fingerprint density at radius 3 is 2.74 bits per heavy atom. The van der Waals surface area contributed by atoms with Gasteiger partial charge in [-0.15, -0.1) is 0 Å². The van der Waals surface area contributed by atoms with Crippen LogP contribution in [0.15, 0.2) is 64.3 Å². The average molecular weight is 501 g/mol. The number of nitrogens with zero attached hydrogens (tertiary/aromatic N) is 3. The van der Waals surface area contributed by atoms with Crippen LogP contribution in [0.25, 0.3) is 0 Å². The molecule has 1 aromatic carbocycles. The van der Waals surface area contributed by atoms with Crippen molar-refractivity contribution in [2.75, 3.05) is 32.8 Å². The predicted octanol–water partition coefficient (Wildman–Crippen LogP) is 4.25. The maximum Gasteiger partial charge on any atom is 0.338 e. The summed E-state index contributed by atoms with van der Waals surface area (Å²) in [5.74, 6) is -0.504. The third kappa shape index (κ3) is 5.56. The molecule has 0 spiro atoms. The van der Waals surface area contributed by atoms with Crippen molar-refractivity contribution in [3.63, 3.8) is 0 Å². The molecule has 0 radical (unpaired) electrons. The van der Waals surface area contributed by atoms with E-state index in [1.54, 1.807) is 19.1 Å². The Hall–Kier alpha value is -2.55. The van der Waals surface area contributed by atoms with Gasteiger partial charge in [-0.25, -0.2) is 9.79 Å². The first-order valence-electron chi connectivity index (χ1n) is 11.4. The number of thioether (sulfide) groups is 1. The molecular formula is C25H29ClN4O3S. The number of amides is 1. The average Bonchev–Trinajstić information content (AvgIpc) is 3.47. The number of carbonyl (C=O) groups excluding carboxylic acids is 2. The fourth-order valence-corrected chi connectivity index (χ4v) is 5.48. The van der Waals surface area contributed by atoms with E-state index in [2.05, 4.69) is 21.8 Å². The van der Waals surface area contributed by atoms with Crippen molar-refractivity contribution < 1.29 is 14.3 Å².